The third-order valence-electron chi connectivity index (χ3n) is 2.96. The molecule has 1 aromatic carbocycles. The summed E-state index contributed by atoms with van der Waals surface area (Å²) in [4.78, 5) is 0. The van der Waals surface area contributed by atoms with Gasteiger partial charge >= 0.3 is 0 Å². The number of nitrogens with one attached hydrogen (secondary N) is 2. The molecule has 1 heterocycles. The van der Waals surface area contributed by atoms with Gasteiger partial charge in [0.1, 0.15) is 0 Å². The summed E-state index contributed by atoms with van der Waals surface area (Å²) in [6, 6.07) is 8.11. The van der Waals surface area contributed by atoms with Crippen LogP contribution >= 0.6 is 12.2 Å². The van der Waals surface area contributed by atoms with Crippen LogP contribution in [0.25, 0.3) is 0 Å². The first-order valence-corrected chi connectivity index (χ1v) is 6.68. The smallest absolute Gasteiger partial charge is 0.175 e. The third-order valence-corrected chi connectivity index (χ3v) is 3.16. The van der Waals surface area contributed by atoms with Crippen molar-refractivity contribution in [3.8, 4) is 0 Å². The van der Waals surface area contributed by atoms with E-state index in [9.17, 15) is 0 Å². The number of anilines is 2. The van der Waals surface area contributed by atoms with Gasteiger partial charge in [-0.25, -0.2) is 0 Å². The van der Waals surface area contributed by atoms with Gasteiger partial charge in [-0.1, -0.05) is 17.7 Å². The minimum absolute atomic E-state index is 0.572. The molecule has 19 heavy (non-hydrogen) atoms. The van der Waals surface area contributed by atoms with Crippen LogP contribution < -0.4 is 10.6 Å². The Morgan fingerprint density at radius 2 is 1.89 bits per heavy atom. The highest BCUT2D eigenvalue weighted by atomic mass is 32.1. The van der Waals surface area contributed by atoms with E-state index < -0.39 is 0 Å². The largest absolute Gasteiger partial charge is 0.332 e. The van der Waals surface area contributed by atoms with Gasteiger partial charge < -0.3 is 10.6 Å². The molecule has 0 aliphatic rings. The first kappa shape index (κ1) is 13.5. The van der Waals surface area contributed by atoms with Gasteiger partial charge in [0, 0.05) is 12.2 Å². The predicted octanol–water partition coefficient (Wildman–Crippen LogP) is 3.33. The molecule has 0 unspecified atom stereocenters. The summed E-state index contributed by atoms with van der Waals surface area (Å²) in [5, 5.41) is 11.2. The maximum Gasteiger partial charge on any atom is 0.175 e. The molecule has 2 rings (SSSR count). The van der Waals surface area contributed by atoms with E-state index in [-0.39, 0.29) is 0 Å². The molecule has 0 spiro atoms. The number of nitrogens with zero attached hydrogens (tertiary/aromatic N) is 2. The molecule has 2 aromatic rings. The monoisotopic (exact) mass is 274 g/mol. The molecule has 0 bridgehead atoms. The molecular formula is C14H18N4S. The van der Waals surface area contributed by atoms with Crippen LogP contribution in [-0.2, 0) is 6.54 Å². The van der Waals surface area contributed by atoms with Crippen LogP contribution in [0.15, 0.2) is 30.5 Å². The summed E-state index contributed by atoms with van der Waals surface area (Å²) in [6.45, 7) is 6.99. The molecule has 0 saturated heterocycles. The quantitative estimate of drug-likeness (QED) is 0.843. The number of aromatic nitrogens is 2. The van der Waals surface area contributed by atoms with E-state index in [1.807, 2.05) is 35.9 Å². The van der Waals surface area contributed by atoms with Crippen molar-refractivity contribution in [3.05, 3.63) is 41.7 Å². The highest BCUT2D eigenvalue weighted by Crippen LogP contribution is 2.14. The summed E-state index contributed by atoms with van der Waals surface area (Å²) in [6.07, 6.45) is 1.79. The lowest BCUT2D eigenvalue weighted by Crippen LogP contribution is -2.19. The van der Waals surface area contributed by atoms with E-state index in [1.54, 1.807) is 6.20 Å². The van der Waals surface area contributed by atoms with Crippen LogP contribution in [-0.4, -0.2) is 14.9 Å². The molecule has 0 aliphatic carbocycles. The van der Waals surface area contributed by atoms with E-state index in [0.717, 1.165) is 23.6 Å². The number of thiocarbonyl (C=S) groups is 1. The fourth-order valence-corrected chi connectivity index (χ4v) is 2.04. The Balaban J connectivity index is 2.01. The molecule has 0 amide bonds. The lowest BCUT2D eigenvalue weighted by Gasteiger charge is -2.10. The third kappa shape index (κ3) is 3.32. The van der Waals surface area contributed by atoms with Crippen molar-refractivity contribution in [2.75, 3.05) is 10.6 Å². The Bertz CT molecular complexity index is 572. The maximum atomic E-state index is 5.30. The van der Waals surface area contributed by atoms with Crippen LogP contribution in [0.5, 0.6) is 0 Å². The average molecular weight is 274 g/mol. The summed E-state index contributed by atoms with van der Waals surface area (Å²) < 4.78 is 1.93. The molecule has 0 saturated carbocycles. The lowest BCUT2D eigenvalue weighted by atomic mass is 10.2. The Morgan fingerprint density at radius 3 is 2.47 bits per heavy atom. The van der Waals surface area contributed by atoms with Crippen molar-refractivity contribution < 1.29 is 0 Å². The number of benzene rings is 1. The molecule has 0 radical (unpaired) electrons. The zero-order chi connectivity index (χ0) is 13.8. The second-order valence-electron chi connectivity index (χ2n) is 4.40. The zero-order valence-corrected chi connectivity index (χ0v) is 12.2. The maximum absolute atomic E-state index is 5.30. The fourth-order valence-electron chi connectivity index (χ4n) is 1.81. The first-order chi connectivity index (χ1) is 9.10. The van der Waals surface area contributed by atoms with Gasteiger partial charge in [-0.3, -0.25) is 4.68 Å². The van der Waals surface area contributed by atoms with E-state index in [0.29, 0.717) is 5.11 Å². The van der Waals surface area contributed by atoms with Gasteiger partial charge in [0.25, 0.3) is 0 Å². The van der Waals surface area contributed by atoms with Crippen LogP contribution in [0, 0.1) is 13.8 Å². The van der Waals surface area contributed by atoms with Crippen molar-refractivity contribution in [1.82, 2.24) is 9.78 Å². The van der Waals surface area contributed by atoms with Crippen LogP contribution in [0.1, 0.15) is 18.2 Å². The summed E-state index contributed by atoms with van der Waals surface area (Å²) in [7, 11) is 0. The molecule has 2 N–H and O–H groups in total. The van der Waals surface area contributed by atoms with Gasteiger partial charge in [0.2, 0.25) is 0 Å². The standard InChI is InChI=1S/C14H18N4S/c1-4-18-11(3)13(9-15-18)17-14(19)16-12-7-5-10(2)6-8-12/h5-9H,4H2,1-3H3,(H2,16,17,19). The summed E-state index contributed by atoms with van der Waals surface area (Å²) in [5.41, 5.74) is 4.22. The molecule has 4 nitrogen and oxygen atoms in total. The van der Waals surface area contributed by atoms with E-state index in [4.69, 9.17) is 12.2 Å². The van der Waals surface area contributed by atoms with E-state index in [1.165, 1.54) is 5.56 Å². The Labute approximate surface area is 118 Å². The second kappa shape index (κ2) is 5.84. The SMILES string of the molecule is CCn1ncc(NC(=S)Nc2ccc(C)cc2)c1C. The minimum atomic E-state index is 0.572. The molecule has 1 aromatic heterocycles. The van der Waals surface area contributed by atoms with Crippen molar-refractivity contribution in [2.45, 2.75) is 27.3 Å². The minimum Gasteiger partial charge on any atom is -0.332 e. The van der Waals surface area contributed by atoms with Gasteiger partial charge in [-0.2, -0.15) is 5.10 Å². The molecule has 0 atom stereocenters. The van der Waals surface area contributed by atoms with Gasteiger partial charge in [-0.05, 0) is 45.1 Å². The zero-order valence-electron chi connectivity index (χ0n) is 11.4. The molecule has 5 heteroatoms. The van der Waals surface area contributed by atoms with Gasteiger partial charge in [-0.15, -0.1) is 0 Å². The van der Waals surface area contributed by atoms with E-state index >= 15 is 0 Å². The van der Waals surface area contributed by atoms with Crippen molar-refractivity contribution in [2.24, 2.45) is 0 Å². The van der Waals surface area contributed by atoms with Crippen molar-refractivity contribution >= 4 is 28.7 Å². The number of hydrogen-bond donors (Lipinski definition) is 2. The first-order valence-electron chi connectivity index (χ1n) is 6.27. The normalized spacial score (nSPS) is 10.3. The number of hydrogen-bond acceptors (Lipinski definition) is 2. The average Bonchev–Trinajstić information content (AvgIpc) is 2.73. The van der Waals surface area contributed by atoms with Gasteiger partial charge in [0.05, 0.1) is 17.6 Å². The van der Waals surface area contributed by atoms with Crippen LogP contribution in [0.2, 0.25) is 0 Å². The number of aryl methyl sites for hydroxylation is 2. The molecule has 0 fully saturated rings. The van der Waals surface area contributed by atoms with Crippen molar-refractivity contribution in [3.63, 3.8) is 0 Å². The predicted molar refractivity (Wildman–Crippen MR) is 83.7 cm³/mol. The molecule has 0 aliphatic heterocycles. The van der Waals surface area contributed by atoms with E-state index in [2.05, 4.69) is 29.6 Å². The summed E-state index contributed by atoms with van der Waals surface area (Å²) >= 11 is 5.30. The van der Waals surface area contributed by atoms with Crippen LogP contribution in [0.3, 0.4) is 0 Å². The van der Waals surface area contributed by atoms with Crippen LogP contribution in [0.4, 0.5) is 11.4 Å². The topological polar surface area (TPSA) is 41.9 Å². The highest BCUT2D eigenvalue weighted by molar-refractivity contribution is 7.80. The lowest BCUT2D eigenvalue weighted by molar-refractivity contribution is 0.640. The Hall–Kier alpha value is -1.88. The fraction of sp³-hybridized carbons (Fsp3) is 0.286. The van der Waals surface area contributed by atoms with Gasteiger partial charge in [0.15, 0.2) is 5.11 Å². The number of rotatable bonds is 3. The second-order valence-corrected chi connectivity index (χ2v) is 4.81. The summed E-state index contributed by atoms with van der Waals surface area (Å²) in [5.74, 6) is 0. The molecular weight excluding hydrogens is 256 g/mol. The molecule has 100 valence electrons. The highest BCUT2D eigenvalue weighted by Gasteiger charge is 2.06. The Kier molecular flexibility index (Phi) is 4.16. The Morgan fingerprint density at radius 1 is 1.21 bits per heavy atom. The van der Waals surface area contributed by atoms with Crippen molar-refractivity contribution in [1.29, 1.82) is 0 Å².